The Balaban J connectivity index is 1.46. The largest absolute Gasteiger partial charge is 0.352 e. The zero-order chi connectivity index (χ0) is 19.0. The lowest BCUT2D eigenvalue weighted by Crippen LogP contribution is -2.50. The highest BCUT2D eigenvalue weighted by Crippen LogP contribution is 2.21. The smallest absolute Gasteiger partial charge is 0.245 e. The minimum Gasteiger partial charge on any atom is -0.352 e. The highest BCUT2D eigenvalue weighted by Gasteiger charge is 2.27. The van der Waals surface area contributed by atoms with Crippen LogP contribution in [0.2, 0.25) is 0 Å². The van der Waals surface area contributed by atoms with E-state index in [0.717, 1.165) is 41.3 Å². The molecule has 2 aromatic heterocycles. The molecule has 7 nitrogen and oxygen atoms in total. The second kappa shape index (κ2) is 6.98. The summed E-state index contributed by atoms with van der Waals surface area (Å²) in [6, 6.07) is 7.63. The predicted octanol–water partition coefficient (Wildman–Crippen LogP) is 2.35. The number of para-hydroxylation sites is 2. The number of benzene rings is 1. The molecule has 3 aromatic rings. The second-order valence-corrected chi connectivity index (χ2v) is 7.05. The lowest BCUT2D eigenvalue weighted by molar-refractivity contribution is -0.134. The maximum absolute atomic E-state index is 13.0. The molecule has 0 bridgehead atoms. The van der Waals surface area contributed by atoms with Crippen molar-refractivity contribution in [3.05, 3.63) is 48.2 Å². The van der Waals surface area contributed by atoms with Crippen LogP contribution in [0.15, 0.2) is 36.8 Å². The van der Waals surface area contributed by atoms with Crippen LogP contribution in [-0.4, -0.2) is 56.5 Å². The molecule has 1 unspecified atom stereocenters. The molecule has 0 radical (unpaired) electrons. The Kier molecular flexibility index (Phi) is 4.51. The van der Waals surface area contributed by atoms with Crippen LogP contribution >= 0.6 is 0 Å². The molecule has 1 aromatic carbocycles. The van der Waals surface area contributed by atoms with Crippen molar-refractivity contribution in [2.24, 2.45) is 0 Å². The van der Waals surface area contributed by atoms with E-state index in [1.165, 1.54) is 0 Å². The monoisotopic (exact) mass is 364 g/mol. The number of piperazine rings is 1. The minimum absolute atomic E-state index is 0.129. The molecule has 0 aliphatic carbocycles. The lowest BCUT2D eigenvalue weighted by Gasteiger charge is -2.37. The highest BCUT2D eigenvalue weighted by atomic mass is 16.2. The summed E-state index contributed by atoms with van der Waals surface area (Å²) in [4.78, 5) is 30.6. The van der Waals surface area contributed by atoms with Crippen molar-refractivity contribution in [1.82, 2.24) is 24.4 Å². The number of nitrogens with zero attached hydrogens (tertiary/aromatic N) is 6. The number of carbonyl (C=O) groups is 1. The van der Waals surface area contributed by atoms with Gasteiger partial charge in [0.15, 0.2) is 0 Å². The maximum Gasteiger partial charge on any atom is 0.245 e. The Hall–Kier alpha value is -2.96. The number of anilines is 1. The predicted molar refractivity (Wildman–Crippen MR) is 105 cm³/mol. The summed E-state index contributed by atoms with van der Waals surface area (Å²) in [6.07, 6.45) is 3.55. The van der Waals surface area contributed by atoms with Crippen molar-refractivity contribution < 1.29 is 4.79 Å². The van der Waals surface area contributed by atoms with Gasteiger partial charge in [0.25, 0.3) is 0 Å². The van der Waals surface area contributed by atoms with Gasteiger partial charge in [-0.1, -0.05) is 12.1 Å². The van der Waals surface area contributed by atoms with E-state index in [1.54, 1.807) is 12.5 Å². The number of rotatable bonds is 3. The minimum atomic E-state index is -0.274. The summed E-state index contributed by atoms with van der Waals surface area (Å²) in [6.45, 7) is 8.78. The molecule has 4 rings (SSSR count). The van der Waals surface area contributed by atoms with Crippen LogP contribution in [0, 0.1) is 13.8 Å². The third-order valence-corrected chi connectivity index (χ3v) is 5.20. The first-order chi connectivity index (χ1) is 13.0. The molecule has 1 fully saturated rings. The Bertz CT molecular complexity index is 974. The summed E-state index contributed by atoms with van der Waals surface area (Å²) >= 11 is 0. The fraction of sp³-hybridized carbons (Fsp3) is 0.400. The van der Waals surface area contributed by atoms with E-state index < -0.39 is 0 Å². The zero-order valence-corrected chi connectivity index (χ0v) is 16.0. The van der Waals surface area contributed by atoms with Crippen molar-refractivity contribution in [1.29, 1.82) is 0 Å². The molecule has 140 valence electrons. The van der Waals surface area contributed by atoms with Gasteiger partial charge in [-0.15, -0.1) is 0 Å². The summed E-state index contributed by atoms with van der Waals surface area (Å²) < 4.78 is 1.96. The highest BCUT2D eigenvalue weighted by molar-refractivity contribution is 5.83. The third-order valence-electron chi connectivity index (χ3n) is 5.20. The van der Waals surface area contributed by atoms with Crippen LogP contribution in [0.3, 0.4) is 0 Å². The normalized spacial score (nSPS) is 16.0. The lowest BCUT2D eigenvalue weighted by atomic mass is 10.2. The Morgan fingerprint density at radius 1 is 1.07 bits per heavy atom. The first-order valence-electron chi connectivity index (χ1n) is 9.30. The number of fused-ring (bicyclic) bond motifs is 1. The van der Waals surface area contributed by atoms with Crippen molar-refractivity contribution in [2.75, 3.05) is 31.1 Å². The van der Waals surface area contributed by atoms with E-state index in [1.807, 2.05) is 54.5 Å². The summed E-state index contributed by atoms with van der Waals surface area (Å²) in [5, 5.41) is 0. The first-order valence-corrected chi connectivity index (χ1v) is 9.30. The molecule has 0 spiro atoms. The van der Waals surface area contributed by atoms with Crippen molar-refractivity contribution >= 4 is 22.8 Å². The molecule has 3 heterocycles. The number of imidazole rings is 1. The number of hydrogen-bond donors (Lipinski definition) is 0. The second-order valence-electron chi connectivity index (χ2n) is 7.05. The number of carbonyl (C=O) groups excluding carboxylic acids is 1. The van der Waals surface area contributed by atoms with Gasteiger partial charge in [-0.2, -0.15) is 0 Å². The van der Waals surface area contributed by atoms with Crippen molar-refractivity contribution in [2.45, 2.75) is 26.8 Å². The Morgan fingerprint density at radius 3 is 2.59 bits per heavy atom. The molecule has 1 aliphatic heterocycles. The fourth-order valence-electron chi connectivity index (χ4n) is 3.63. The topological polar surface area (TPSA) is 67.2 Å². The van der Waals surface area contributed by atoms with Gasteiger partial charge in [0, 0.05) is 32.4 Å². The van der Waals surface area contributed by atoms with Crippen LogP contribution in [0.1, 0.15) is 24.4 Å². The van der Waals surface area contributed by atoms with Crippen LogP contribution in [-0.2, 0) is 4.79 Å². The van der Waals surface area contributed by atoms with E-state index in [0.29, 0.717) is 13.1 Å². The molecule has 0 N–H and O–H groups in total. The van der Waals surface area contributed by atoms with E-state index >= 15 is 0 Å². The number of hydrogen-bond acceptors (Lipinski definition) is 5. The SMILES string of the molecule is Cc1cnc(C)c(N2CCN(C(=O)C(C)n3cnc4ccccc43)CC2)n1. The van der Waals surface area contributed by atoms with Gasteiger partial charge in [-0.05, 0) is 32.9 Å². The molecule has 1 aliphatic rings. The number of aromatic nitrogens is 4. The standard InChI is InChI=1S/C20H24N6O/c1-14-12-21-15(2)19(23-14)24-8-10-25(11-9-24)20(27)16(3)26-13-22-17-6-4-5-7-18(17)26/h4-7,12-13,16H,8-11H2,1-3H3. The average molecular weight is 364 g/mol. The molecule has 1 saturated heterocycles. The van der Waals surface area contributed by atoms with Gasteiger partial charge >= 0.3 is 0 Å². The zero-order valence-electron chi connectivity index (χ0n) is 16.0. The van der Waals surface area contributed by atoms with Gasteiger partial charge in [0.2, 0.25) is 5.91 Å². The Morgan fingerprint density at radius 2 is 1.81 bits per heavy atom. The molecule has 7 heteroatoms. The van der Waals surface area contributed by atoms with Gasteiger partial charge in [-0.25, -0.2) is 9.97 Å². The van der Waals surface area contributed by atoms with Crippen LogP contribution in [0.4, 0.5) is 5.82 Å². The fourth-order valence-corrected chi connectivity index (χ4v) is 3.63. The molecule has 27 heavy (non-hydrogen) atoms. The average Bonchev–Trinajstić information content (AvgIpc) is 3.13. The molecule has 0 saturated carbocycles. The van der Waals surface area contributed by atoms with Crippen LogP contribution in [0.25, 0.3) is 11.0 Å². The van der Waals surface area contributed by atoms with Gasteiger partial charge < -0.3 is 14.4 Å². The maximum atomic E-state index is 13.0. The van der Waals surface area contributed by atoms with Crippen molar-refractivity contribution in [3.63, 3.8) is 0 Å². The molecule has 1 atom stereocenters. The van der Waals surface area contributed by atoms with Gasteiger partial charge in [-0.3, -0.25) is 9.78 Å². The molecule has 1 amide bonds. The van der Waals surface area contributed by atoms with E-state index in [9.17, 15) is 4.79 Å². The van der Waals surface area contributed by atoms with Crippen LogP contribution in [0.5, 0.6) is 0 Å². The van der Waals surface area contributed by atoms with E-state index in [2.05, 4.69) is 19.9 Å². The summed E-state index contributed by atoms with van der Waals surface area (Å²) in [5.74, 6) is 1.06. The van der Waals surface area contributed by atoms with Crippen LogP contribution < -0.4 is 4.90 Å². The third kappa shape index (κ3) is 3.25. The summed E-state index contributed by atoms with van der Waals surface area (Å²) in [7, 11) is 0. The van der Waals surface area contributed by atoms with Gasteiger partial charge in [0.1, 0.15) is 11.9 Å². The quantitative estimate of drug-likeness (QED) is 0.714. The van der Waals surface area contributed by atoms with E-state index in [-0.39, 0.29) is 11.9 Å². The number of amides is 1. The number of aryl methyl sites for hydroxylation is 2. The van der Waals surface area contributed by atoms with E-state index in [4.69, 9.17) is 0 Å². The molecular formula is C20H24N6O. The van der Waals surface area contributed by atoms with Crippen molar-refractivity contribution in [3.8, 4) is 0 Å². The Labute approximate surface area is 158 Å². The summed E-state index contributed by atoms with van der Waals surface area (Å²) in [5.41, 5.74) is 3.74. The molecular weight excluding hydrogens is 340 g/mol. The van der Waals surface area contributed by atoms with Gasteiger partial charge in [0.05, 0.1) is 28.7 Å². The first kappa shape index (κ1) is 17.5.